The molecule has 0 spiro atoms. The fraction of sp³-hybridized carbons (Fsp3) is 0.333. The molecule has 4 aromatic rings. The van der Waals surface area contributed by atoms with Crippen molar-refractivity contribution in [3.63, 3.8) is 0 Å². The van der Waals surface area contributed by atoms with Crippen LogP contribution < -0.4 is 15.6 Å². The Morgan fingerprint density at radius 2 is 1.93 bits per heavy atom. The Hall–Kier alpha value is -4.52. The predicted molar refractivity (Wildman–Crippen MR) is 154 cm³/mol. The number of benzene rings is 1. The maximum Gasteiger partial charge on any atom is 0.341 e. The molecule has 43 heavy (non-hydrogen) atoms. The Balaban J connectivity index is 1.64. The maximum atomic E-state index is 15.6. The van der Waals surface area contributed by atoms with Gasteiger partial charge in [0.05, 0.1) is 29.2 Å². The molecule has 0 amide bonds. The Morgan fingerprint density at radius 1 is 1.19 bits per heavy atom. The summed E-state index contributed by atoms with van der Waals surface area (Å²) in [5.41, 5.74) is 1.13. The van der Waals surface area contributed by atoms with Gasteiger partial charge in [-0.1, -0.05) is 0 Å². The summed E-state index contributed by atoms with van der Waals surface area (Å²) in [5.74, 6) is -7.76. The molecule has 1 fully saturated rings. The van der Waals surface area contributed by atoms with E-state index in [1.807, 2.05) is 0 Å². The van der Waals surface area contributed by atoms with Gasteiger partial charge in [0.15, 0.2) is 11.6 Å². The standard InChI is InChI=1S/C30H28F4N6O3/c1-35-21-7-20(31)25(32)23-16(21)6-22-24(23)26(40-11-15(10-38(2)3)30(33,34)13-40)18(9-36-22)14-5-17-27(41)19(29(42)43)12-39(4)28(17)37-8-14/h5,7-9,12,15,35H,6,10-11,13H2,1-4H3,(H,42,43). The van der Waals surface area contributed by atoms with Crippen molar-refractivity contribution in [2.24, 2.45) is 13.0 Å². The predicted octanol–water partition coefficient (Wildman–Crippen LogP) is 4.22. The van der Waals surface area contributed by atoms with E-state index in [1.165, 1.54) is 34.1 Å². The quantitative estimate of drug-likeness (QED) is 0.281. The van der Waals surface area contributed by atoms with Crippen LogP contribution in [0, 0.1) is 17.6 Å². The minimum atomic E-state index is -3.09. The molecule has 224 valence electrons. The molecule has 2 N–H and O–H groups in total. The highest BCUT2D eigenvalue weighted by molar-refractivity contribution is 5.98. The molecule has 1 aromatic carbocycles. The second-order valence-corrected chi connectivity index (χ2v) is 11.3. The number of hydrogen-bond acceptors (Lipinski definition) is 7. The van der Waals surface area contributed by atoms with Crippen LogP contribution in [-0.2, 0) is 13.5 Å². The summed E-state index contributed by atoms with van der Waals surface area (Å²) >= 11 is 0. The molecule has 3 aromatic heterocycles. The monoisotopic (exact) mass is 596 g/mol. The summed E-state index contributed by atoms with van der Waals surface area (Å²) in [4.78, 5) is 36.9. The Morgan fingerprint density at radius 3 is 2.60 bits per heavy atom. The largest absolute Gasteiger partial charge is 0.477 e. The Kier molecular flexibility index (Phi) is 6.68. The topological polar surface area (TPSA) is 104 Å². The van der Waals surface area contributed by atoms with E-state index < -0.39 is 47.0 Å². The van der Waals surface area contributed by atoms with Crippen molar-refractivity contribution >= 4 is 28.4 Å². The zero-order chi connectivity index (χ0) is 31.0. The zero-order valence-electron chi connectivity index (χ0n) is 23.8. The number of hydrogen-bond donors (Lipinski definition) is 2. The average molecular weight is 597 g/mol. The minimum Gasteiger partial charge on any atom is -0.477 e. The Labute approximate surface area is 243 Å². The first-order valence-corrected chi connectivity index (χ1v) is 13.5. The van der Waals surface area contributed by atoms with Crippen LogP contribution in [0.3, 0.4) is 0 Å². The number of pyridine rings is 3. The lowest BCUT2D eigenvalue weighted by molar-refractivity contribution is -0.0280. The van der Waals surface area contributed by atoms with Gasteiger partial charge in [0, 0.05) is 86.2 Å². The van der Waals surface area contributed by atoms with Gasteiger partial charge >= 0.3 is 5.97 Å². The van der Waals surface area contributed by atoms with Crippen molar-refractivity contribution in [1.29, 1.82) is 0 Å². The van der Waals surface area contributed by atoms with E-state index in [0.29, 0.717) is 16.9 Å². The van der Waals surface area contributed by atoms with Gasteiger partial charge in [0.2, 0.25) is 5.43 Å². The number of aryl methyl sites for hydroxylation is 1. The van der Waals surface area contributed by atoms with Crippen LogP contribution in [0.1, 0.15) is 21.6 Å². The fourth-order valence-electron chi connectivity index (χ4n) is 6.29. The molecule has 0 radical (unpaired) electrons. The lowest BCUT2D eigenvalue weighted by atomic mass is 9.97. The summed E-state index contributed by atoms with van der Waals surface area (Å²) in [6, 6.07) is 2.49. The van der Waals surface area contributed by atoms with Crippen molar-refractivity contribution in [1.82, 2.24) is 19.4 Å². The van der Waals surface area contributed by atoms with Crippen LogP contribution >= 0.6 is 0 Å². The molecular formula is C30H28F4N6O3. The van der Waals surface area contributed by atoms with Crippen LogP contribution in [0.15, 0.2) is 35.5 Å². The molecule has 1 atom stereocenters. The number of halogens is 4. The van der Waals surface area contributed by atoms with Crippen molar-refractivity contribution in [3.8, 4) is 22.3 Å². The van der Waals surface area contributed by atoms with Crippen molar-refractivity contribution in [2.45, 2.75) is 12.3 Å². The van der Waals surface area contributed by atoms with E-state index in [9.17, 15) is 19.1 Å². The molecule has 13 heteroatoms. The molecule has 2 aliphatic rings. The third kappa shape index (κ3) is 4.49. The molecule has 1 unspecified atom stereocenters. The second kappa shape index (κ2) is 10.0. The van der Waals surface area contributed by atoms with Gasteiger partial charge in [0.1, 0.15) is 11.2 Å². The van der Waals surface area contributed by atoms with Gasteiger partial charge in [-0.2, -0.15) is 0 Å². The van der Waals surface area contributed by atoms with E-state index in [2.05, 4.69) is 15.3 Å². The lowest BCUT2D eigenvalue weighted by Gasteiger charge is -2.26. The molecule has 1 aliphatic carbocycles. The second-order valence-electron chi connectivity index (χ2n) is 11.3. The van der Waals surface area contributed by atoms with Crippen molar-refractivity contribution < 1.29 is 27.5 Å². The number of aromatic nitrogens is 3. The molecule has 4 heterocycles. The van der Waals surface area contributed by atoms with E-state index in [0.717, 1.165) is 6.07 Å². The van der Waals surface area contributed by atoms with E-state index >= 15 is 13.2 Å². The molecule has 0 saturated carbocycles. The third-order valence-electron chi connectivity index (χ3n) is 8.22. The average Bonchev–Trinajstić information content (AvgIpc) is 3.48. The van der Waals surface area contributed by atoms with E-state index in [-0.39, 0.29) is 58.5 Å². The number of alkyl halides is 2. The number of anilines is 2. The molecule has 0 bridgehead atoms. The maximum absolute atomic E-state index is 15.6. The summed E-state index contributed by atoms with van der Waals surface area (Å²) in [6.45, 7) is -0.654. The van der Waals surface area contributed by atoms with Crippen LogP contribution in [0.4, 0.5) is 28.9 Å². The highest BCUT2D eigenvalue weighted by atomic mass is 19.3. The number of carbonyl (C=O) groups is 1. The minimum absolute atomic E-state index is 0.00122. The molecule has 1 saturated heterocycles. The van der Waals surface area contributed by atoms with Gasteiger partial charge in [-0.15, -0.1) is 0 Å². The van der Waals surface area contributed by atoms with Gasteiger partial charge < -0.3 is 24.8 Å². The van der Waals surface area contributed by atoms with Crippen LogP contribution in [0.25, 0.3) is 33.3 Å². The summed E-state index contributed by atoms with van der Waals surface area (Å²) in [5, 5.41) is 12.4. The van der Waals surface area contributed by atoms with E-state index in [4.69, 9.17) is 0 Å². The first-order valence-electron chi connectivity index (χ1n) is 13.5. The molecule has 1 aliphatic heterocycles. The summed E-state index contributed by atoms with van der Waals surface area (Å²) < 4.78 is 62.8. The van der Waals surface area contributed by atoms with Gasteiger partial charge in [-0.3, -0.25) is 9.78 Å². The van der Waals surface area contributed by atoms with Crippen LogP contribution in [0.5, 0.6) is 0 Å². The van der Waals surface area contributed by atoms with Crippen molar-refractivity contribution in [2.75, 3.05) is 51.0 Å². The van der Waals surface area contributed by atoms with E-state index in [1.54, 1.807) is 33.1 Å². The molecule has 6 rings (SSSR count). The van der Waals surface area contributed by atoms with Gasteiger partial charge in [-0.25, -0.2) is 27.3 Å². The van der Waals surface area contributed by atoms with Crippen molar-refractivity contribution in [3.05, 3.63) is 69.4 Å². The normalized spacial score (nSPS) is 17.0. The van der Waals surface area contributed by atoms with Crippen LogP contribution in [0.2, 0.25) is 0 Å². The van der Waals surface area contributed by atoms with Gasteiger partial charge in [0.25, 0.3) is 5.92 Å². The summed E-state index contributed by atoms with van der Waals surface area (Å²) in [7, 11) is 6.53. The highest BCUT2D eigenvalue weighted by Gasteiger charge is 2.49. The van der Waals surface area contributed by atoms with Crippen LogP contribution in [-0.4, -0.2) is 77.2 Å². The number of nitrogens with one attached hydrogen (secondary N) is 1. The smallest absolute Gasteiger partial charge is 0.341 e. The third-order valence-corrected chi connectivity index (χ3v) is 8.22. The highest BCUT2D eigenvalue weighted by Crippen LogP contribution is 2.51. The first-order chi connectivity index (χ1) is 20.3. The molecule has 9 nitrogen and oxygen atoms in total. The number of carboxylic acids is 1. The Bertz CT molecular complexity index is 1890. The summed E-state index contributed by atoms with van der Waals surface area (Å²) in [6.07, 6.45) is 4.21. The number of rotatable bonds is 6. The molecular weight excluding hydrogens is 568 g/mol. The first kappa shape index (κ1) is 28.6. The number of carboxylic acid groups (broad SMARTS) is 1. The number of aromatic carboxylic acids is 1. The lowest BCUT2D eigenvalue weighted by Crippen LogP contribution is -2.34. The zero-order valence-corrected chi connectivity index (χ0v) is 23.8. The number of nitrogens with zero attached hydrogens (tertiary/aromatic N) is 5. The van der Waals surface area contributed by atoms with Gasteiger partial charge in [-0.05, 0) is 25.7 Å². The fourth-order valence-corrected chi connectivity index (χ4v) is 6.29. The SMILES string of the molecule is CNc1cc(F)c(F)c2c1Cc1ncc(-c3cnc4c(c3)c(=O)c(C(=O)O)cn4C)c(N3CC(CN(C)C)C(F)(F)C3)c1-2. The number of fused-ring (bicyclic) bond motifs is 4.